The quantitative estimate of drug-likeness (QED) is 0.448. The SMILES string of the molecule is CCCOC(=O)CN1C(=O)/C(=C/C=C/c2ccccc2)SC1=S. The van der Waals surface area contributed by atoms with Gasteiger partial charge >= 0.3 is 5.97 Å². The minimum absolute atomic E-state index is 0.135. The molecule has 0 radical (unpaired) electrons. The van der Waals surface area contributed by atoms with Crippen LogP contribution in [-0.2, 0) is 14.3 Å². The summed E-state index contributed by atoms with van der Waals surface area (Å²) in [6.07, 6.45) is 6.16. The van der Waals surface area contributed by atoms with Crippen LogP contribution < -0.4 is 0 Å². The maximum atomic E-state index is 12.3. The molecule has 1 aliphatic heterocycles. The van der Waals surface area contributed by atoms with E-state index in [1.54, 1.807) is 12.2 Å². The lowest BCUT2D eigenvalue weighted by Gasteiger charge is -2.13. The highest BCUT2D eigenvalue weighted by molar-refractivity contribution is 8.26. The fraction of sp³-hybridized carbons (Fsp3) is 0.235. The Hall–Kier alpha value is -1.92. The number of benzene rings is 1. The molecule has 1 aromatic rings. The van der Waals surface area contributed by atoms with E-state index in [2.05, 4.69) is 0 Å². The standard InChI is InChI=1S/C17H17NO3S2/c1-2-11-21-15(19)12-18-16(20)14(23-17(18)22)10-6-9-13-7-4-3-5-8-13/h3-10H,2,11-12H2,1H3/b9-6+,14-10-. The van der Waals surface area contributed by atoms with Crippen molar-refractivity contribution < 1.29 is 14.3 Å². The Kier molecular flexibility index (Phi) is 6.55. The zero-order valence-electron chi connectivity index (χ0n) is 12.7. The van der Waals surface area contributed by atoms with Gasteiger partial charge < -0.3 is 4.74 Å². The molecule has 1 saturated heterocycles. The zero-order chi connectivity index (χ0) is 16.7. The van der Waals surface area contributed by atoms with Gasteiger partial charge in [-0.25, -0.2) is 0 Å². The number of carbonyl (C=O) groups is 2. The van der Waals surface area contributed by atoms with Crippen LogP contribution in [0.15, 0.2) is 47.4 Å². The van der Waals surface area contributed by atoms with Gasteiger partial charge in [-0.15, -0.1) is 0 Å². The minimum atomic E-state index is -0.441. The lowest BCUT2D eigenvalue weighted by atomic mass is 10.2. The highest BCUT2D eigenvalue weighted by Crippen LogP contribution is 2.30. The number of hydrogen-bond donors (Lipinski definition) is 0. The zero-order valence-corrected chi connectivity index (χ0v) is 14.4. The molecule has 1 aliphatic rings. The van der Waals surface area contributed by atoms with Gasteiger partial charge in [-0.2, -0.15) is 0 Å². The number of rotatable bonds is 6. The number of thioether (sulfide) groups is 1. The van der Waals surface area contributed by atoms with Gasteiger partial charge in [0, 0.05) is 0 Å². The lowest BCUT2D eigenvalue weighted by molar-refractivity contribution is -0.146. The summed E-state index contributed by atoms with van der Waals surface area (Å²) in [7, 11) is 0. The van der Waals surface area contributed by atoms with Gasteiger partial charge in [0.1, 0.15) is 10.9 Å². The molecule has 0 unspecified atom stereocenters. The van der Waals surface area contributed by atoms with Gasteiger partial charge in [0.15, 0.2) is 0 Å². The highest BCUT2D eigenvalue weighted by Gasteiger charge is 2.33. The number of allylic oxidation sites excluding steroid dienone is 2. The fourth-order valence-electron chi connectivity index (χ4n) is 1.85. The van der Waals surface area contributed by atoms with Crippen molar-refractivity contribution >= 4 is 46.3 Å². The van der Waals surface area contributed by atoms with Gasteiger partial charge in [-0.05, 0) is 18.1 Å². The number of nitrogens with zero attached hydrogens (tertiary/aromatic N) is 1. The molecule has 0 aliphatic carbocycles. The normalized spacial score (nSPS) is 16.6. The molecule has 0 atom stereocenters. The molecule has 0 bridgehead atoms. The van der Waals surface area contributed by atoms with E-state index in [9.17, 15) is 9.59 Å². The van der Waals surface area contributed by atoms with Gasteiger partial charge in [0.05, 0.1) is 11.5 Å². The van der Waals surface area contributed by atoms with Crippen LogP contribution >= 0.6 is 24.0 Å². The van der Waals surface area contributed by atoms with Crippen molar-refractivity contribution in [3.05, 3.63) is 53.0 Å². The first-order chi connectivity index (χ1) is 11.1. The maximum absolute atomic E-state index is 12.3. The molecule has 0 spiro atoms. The summed E-state index contributed by atoms with van der Waals surface area (Å²) < 4.78 is 5.37. The summed E-state index contributed by atoms with van der Waals surface area (Å²) in [4.78, 5) is 25.7. The topological polar surface area (TPSA) is 46.6 Å². The number of thiocarbonyl (C=S) groups is 1. The van der Waals surface area contributed by atoms with Crippen LogP contribution in [0, 0.1) is 0 Å². The molecule has 1 fully saturated rings. The first-order valence-electron chi connectivity index (χ1n) is 7.24. The molecule has 4 nitrogen and oxygen atoms in total. The third kappa shape index (κ3) is 5.04. The van der Waals surface area contributed by atoms with Crippen molar-refractivity contribution in [3.8, 4) is 0 Å². The van der Waals surface area contributed by atoms with Crippen LogP contribution in [-0.4, -0.2) is 34.2 Å². The third-order valence-electron chi connectivity index (χ3n) is 2.96. The molecule has 1 aromatic carbocycles. The lowest BCUT2D eigenvalue weighted by Crippen LogP contribution is -2.34. The van der Waals surface area contributed by atoms with E-state index >= 15 is 0 Å². The molecule has 2 rings (SSSR count). The number of hydrogen-bond acceptors (Lipinski definition) is 5. The number of amides is 1. The van der Waals surface area contributed by atoms with E-state index < -0.39 is 5.97 Å². The highest BCUT2D eigenvalue weighted by atomic mass is 32.2. The Bertz CT molecular complexity index is 653. The Morgan fingerprint density at radius 3 is 2.78 bits per heavy atom. The van der Waals surface area contributed by atoms with E-state index in [0.29, 0.717) is 15.8 Å². The average molecular weight is 347 g/mol. The van der Waals surface area contributed by atoms with Gasteiger partial charge in [-0.3, -0.25) is 14.5 Å². The minimum Gasteiger partial charge on any atom is -0.464 e. The van der Waals surface area contributed by atoms with Gasteiger partial charge in [-0.1, -0.05) is 73.4 Å². The molecule has 0 aromatic heterocycles. The van der Waals surface area contributed by atoms with Crippen LogP contribution in [0.25, 0.3) is 6.08 Å². The molecule has 0 N–H and O–H groups in total. The predicted octanol–water partition coefficient (Wildman–Crippen LogP) is 3.40. The molecular formula is C17H17NO3S2. The summed E-state index contributed by atoms with van der Waals surface area (Å²) in [5.41, 5.74) is 1.04. The third-order valence-corrected chi connectivity index (χ3v) is 4.36. The van der Waals surface area contributed by atoms with Crippen molar-refractivity contribution in [2.45, 2.75) is 13.3 Å². The first-order valence-corrected chi connectivity index (χ1v) is 8.47. The molecular weight excluding hydrogens is 330 g/mol. The first kappa shape index (κ1) is 17.4. The van der Waals surface area contributed by atoms with Crippen LogP contribution in [0.4, 0.5) is 0 Å². The molecule has 1 heterocycles. The van der Waals surface area contributed by atoms with Gasteiger partial charge in [0.2, 0.25) is 0 Å². The van der Waals surface area contributed by atoms with Crippen LogP contribution in [0.3, 0.4) is 0 Å². The van der Waals surface area contributed by atoms with Crippen molar-refractivity contribution in [2.75, 3.05) is 13.2 Å². The molecule has 23 heavy (non-hydrogen) atoms. The van der Waals surface area contributed by atoms with Crippen LogP contribution in [0.2, 0.25) is 0 Å². The molecule has 6 heteroatoms. The second kappa shape index (κ2) is 8.64. The van der Waals surface area contributed by atoms with Crippen molar-refractivity contribution in [1.29, 1.82) is 0 Å². The van der Waals surface area contributed by atoms with Crippen LogP contribution in [0.5, 0.6) is 0 Å². The molecule has 120 valence electrons. The van der Waals surface area contributed by atoms with Crippen LogP contribution in [0.1, 0.15) is 18.9 Å². The van der Waals surface area contributed by atoms with Crippen molar-refractivity contribution in [1.82, 2.24) is 4.90 Å². The Labute approximate surface area is 145 Å². The number of carbonyl (C=O) groups excluding carboxylic acids is 2. The maximum Gasteiger partial charge on any atom is 0.326 e. The Balaban J connectivity index is 1.99. The Morgan fingerprint density at radius 1 is 1.35 bits per heavy atom. The fourth-order valence-corrected chi connectivity index (χ4v) is 3.06. The molecule has 0 saturated carbocycles. The smallest absolute Gasteiger partial charge is 0.326 e. The van der Waals surface area contributed by atoms with Gasteiger partial charge in [0.25, 0.3) is 5.91 Å². The Morgan fingerprint density at radius 2 is 2.09 bits per heavy atom. The van der Waals surface area contributed by atoms with Crippen molar-refractivity contribution in [2.24, 2.45) is 0 Å². The summed E-state index contributed by atoms with van der Waals surface area (Å²) in [6, 6.07) is 9.78. The second-order valence-electron chi connectivity index (χ2n) is 4.78. The monoisotopic (exact) mass is 347 g/mol. The summed E-state index contributed by atoms with van der Waals surface area (Å²) in [5.74, 6) is -0.699. The van der Waals surface area contributed by atoms with E-state index in [1.807, 2.05) is 43.3 Å². The second-order valence-corrected chi connectivity index (χ2v) is 6.46. The number of ether oxygens (including phenoxy) is 1. The van der Waals surface area contributed by atoms with E-state index in [0.717, 1.165) is 12.0 Å². The summed E-state index contributed by atoms with van der Waals surface area (Å²) >= 11 is 6.36. The average Bonchev–Trinajstić information content (AvgIpc) is 2.81. The van der Waals surface area contributed by atoms with E-state index in [1.165, 1.54) is 16.7 Å². The van der Waals surface area contributed by atoms with Crippen molar-refractivity contribution in [3.63, 3.8) is 0 Å². The summed E-state index contributed by atoms with van der Waals surface area (Å²) in [5, 5.41) is 0. The summed E-state index contributed by atoms with van der Waals surface area (Å²) in [6.45, 7) is 2.13. The van der Waals surface area contributed by atoms with E-state index in [4.69, 9.17) is 17.0 Å². The predicted molar refractivity (Wildman–Crippen MR) is 96.7 cm³/mol. The largest absolute Gasteiger partial charge is 0.464 e. The van der Waals surface area contributed by atoms with E-state index in [-0.39, 0.29) is 12.5 Å². The molecule has 1 amide bonds. The number of esters is 1.